The van der Waals surface area contributed by atoms with E-state index >= 15 is 0 Å². The van der Waals surface area contributed by atoms with Crippen molar-refractivity contribution < 1.29 is 0 Å². The molecule has 6 N–H and O–H groups in total. The summed E-state index contributed by atoms with van der Waals surface area (Å²) in [6.07, 6.45) is 1.69. The number of hydrogen-bond acceptors (Lipinski definition) is 12. The lowest BCUT2D eigenvalue weighted by Crippen LogP contribution is -2.01. The number of halogens is 1. The SMILES string of the molecule is CCc1cc(Nc2cc(C)[nH]n2)nc(-c2ccc(C)cc2)n1.CCc1cc(Nc2cc(C)[nH]n2)nc(-c2ccc(Cl)cc2)n1.Cc1ccc(-c2nc(C)cc(Nc3cc(C)[nH]n3)n2)cc1. The van der Waals surface area contributed by atoms with Crippen molar-refractivity contribution in [1.29, 1.82) is 0 Å². The summed E-state index contributed by atoms with van der Waals surface area (Å²) in [4.78, 5) is 27.4. The maximum Gasteiger partial charge on any atom is 0.161 e. The Morgan fingerprint density at radius 3 is 1.08 bits per heavy atom. The first kappa shape index (κ1) is 45.3. The first-order valence-electron chi connectivity index (χ1n) is 21.3. The van der Waals surface area contributed by atoms with Gasteiger partial charge < -0.3 is 16.0 Å². The van der Waals surface area contributed by atoms with Gasteiger partial charge in [0, 0.05) is 92.3 Å². The third-order valence-electron chi connectivity index (χ3n) is 9.75. The highest BCUT2D eigenvalue weighted by molar-refractivity contribution is 6.30. The second-order valence-corrected chi connectivity index (χ2v) is 15.9. The Kier molecular flexibility index (Phi) is 14.7. The van der Waals surface area contributed by atoms with Gasteiger partial charge in [-0.2, -0.15) is 15.3 Å². The van der Waals surface area contributed by atoms with E-state index in [0.29, 0.717) is 16.7 Å². The van der Waals surface area contributed by atoms with Crippen molar-refractivity contribution in [2.24, 2.45) is 0 Å². The van der Waals surface area contributed by atoms with Crippen LogP contribution in [0.1, 0.15) is 59.1 Å². The number of aromatic amines is 3. The summed E-state index contributed by atoms with van der Waals surface area (Å²) in [6, 6.07) is 35.5. The second-order valence-electron chi connectivity index (χ2n) is 15.5. The summed E-state index contributed by atoms with van der Waals surface area (Å²) in [5.74, 6) is 6.58. The number of rotatable bonds is 11. The number of H-pyrrole nitrogens is 3. The average Bonchev–Trinajstić information content (AvgIpc) is 4.04. The molecule has 6 aromatic heterocycles. The molecule has 0 aliphatic heterocycles. The Bertz CT molecular complexity index is 2820. The molecule has 0 bridgehead atoms. The maximum atomic E-state index is 5.93. The highest BCUT2D eigenvalue weighted by Gasteiger charge is 2.11. The number of aryl methyl sites for hydroxylation is 8. The van der Waals surface area contributed by atoms with Gasteiger partial charge in [0.2, 0.25) is 0 Å². The van der Waals surface area contributed by atoms with Gasteiger partial charge in [-0.05, 0) is 78.6 Å². The third-order valence-corrected chi connectivity index (χ3v) is 10.00. The normalized spacial score (nSPS) is 10.7. The lowest BCUT2D eigenvalue weighted by Gasteiger charge is -2.08. The lowest BCUT2D eigenvalue weighted by molar-refractivity contribution is 1.00. The Balaban J connectivity index is 0.000000145. The molecule has 0 saturated heterocycles. The van der Waals surface area contributed by atoms with Crippen LogP contribution in [0.4, 0.5) is 34.9 Å². The predicted octanol–water partition coefficient (Wildman–Crippen LogP) is 11.5. The van der Waals surface area contributed by atoms with Gasteiger partial charge in [-0.3, -0.25) is 15.3 Å². The van der Waals surface area contributed by atoms with Crippen molar-refractivity contribution in [3.8, 4) is 34.2 Å². The van der Waals surface area contributed by atoms with Gasteiger partial charge in [0.05, 0.1) is 0 Å². The smallest absolute Gasteiger partial charge is 0.161 e. The number of aromatic nitrogens is 12. The molecule has 0 unspecified atom stereocenters. The van der Waals surface area contributed by atoms with Gasteiger partial charge in [0.1, 0.15) is 17.5 Å². The molecular weight excluding hydrogens is 834 g/mol. The first-order chi connectivity index (χ1) is 31.4. The number of nitrogens with zero attached hydrogens (tertiary/aromatic N) is 9. The molecule has 3 aromatic carbocycles. The number of nitrogens with one attached hydrogen (secondary N) is 6. The molecule has 15 nitrogen and oxygen atoms in total. The number of benzene rings is 3. The summed E-state index contributed by atoms with van der Waals surface area (Å²) < 4.78 is 0. The van der Waals surface area contributed by atoms with Gasteiger partial charge in [-0.1, -0.05) is 85.1 Å². The van der Waals surface area contributed by atoms with Gasteiger partial charge in [0.25, 0.3) is 0 Å². The minimum Gasteiger partial charge on any atom is -0.323 e. The monoisotopic (exact) mass is 885 g/mol. The molecule has 6 heterocycles. The van der Waals surface area contributed by atoms with Crippen LogP contribution in [0.15, 0.2) is 109 Å². The average molecular weight is 887 g/mol. The third kappa shape index (κ3) is 12.9. The van der Waals surface area contributed by atoms with Crippen LogP contribution in [0.5, 0.6) is 0 Å². The van der Waals surface area contributed by atoms with Crippen LogP contribution in [0.3, 0.4) is 0 Å². The molecule has 0 saturated carbocycles. The Morgan fingerprint density at radius 2 is 0.738 bits per heavy atom. The molecule has 0 aliphatic rings. The van der Waals surface area contributed by atoms with Crippen LogP contribution in [0.2, 0.25) is 5.02 Å². The first-order valence-corrected chi connectivity index (χ1v) is 21.6. The fourth-order valence-electron chi connectivity index (χ4n) is 6.35. The Morgan fingerprint density at radius 1 is 0.400 bits per heavy atom. The van der Waals surface area contributed by atoms with Crippen molar-refractivity contribution in [1.82, 2.24) is 60.5 Å². The van der Waals surface area contributed by atoms with Crippen LogP contribution >= 0.6 is 11.6 Å². The predicted molar refractivity (Wildman–Crippen MR) is 260 cm³/mol. The molecule has 0 fully saturated rings. The fraction of sp³-hybridized carbons (Fsp3) is 0.204. The summed E-state index contributed by atoms with van der Waals surface area (Å²) in [7, 11) is 0. The van der Waals surface area contributed by atoms with Crippen molar-refractivity contribution in [3.63, 3.8) is 0 Å². The van der Waals surface area contributed by atoms with E-state index in [-0.39, 0.29) is 0 Å². The summed E-state index contributed by atoms with van der Waals surface area (Å²) in [5.41, 5.74) is 11.3. The van der Waals surface area contributed by atoms with Crippen LogP contribution in [-0.4, -0.2) is 60.5 Å². The van der Waals surface area contributed by atoms with E-state index in [1.807, 2.05) is 113 Å². The Labute approximate surface area is 383 Å². The molecule has 0 spiro atoms. The quantitative estimate of drug-likeness (QED) is 0.0719. The van der Waals surface area contributed by atoms with Crippen LogP contribution < -0.4 is 16.0 Å². The van der Waals surface area contributed by atoms with Crippen molar-refractivity contribution >= 4 is 46.5 Å². The van der Waals surface area contributed by atoms with Gasteiger partial charge in [-0.25, -0.2) is 29.9 Å². The molecule has 65 heavy (non-hydrogen) atoms. The van der Waals surface area contributed by atoms with Crippen molar-refractivity contribution in [2.45, 2.75) is 68.2 Å². The molecule has 9 rings (SSSR count). The second kappa shape index (κ2) is 21.1. The molecule has 16 heteroatoms. The molecule has 9 aromatic rings. The van der Waals surface area contributed by atoms with E-state index in [1.165, 1.54) is 11.1 Å². The topological polar surface area (TPSA) is 199 Å². The van der Waals surface area contributed by atoms with E-state index in [9.17, 15) is 0 Å². The molecule has 0 radical (unpaired) electrons. The van der Waals surface area contributed by atoms with E-state index < -0.39 is 0 Å². The molecular formula is C49H52ClN15. The van der Waals surface area contributed by atoms with Gasteiger partial charge >= 0.3 is 0 Å². The van der Waals surface area contributed by atoms with Crippen LogP contribution in [0.25, 0.3) is 34.2 Å². The summed E-state index contributed by atoms with van der Waals surface area (Å²) >= 11 is 5.93. The minimum absolute atomic E-state index is 0.672. The molecule has 0 aliphatic carbocycles. The van der Waals surface area contributed by atoms with Crippen molar-refractivity contribution in [2.75, 3.05) is 16.0 Å². The highest BCUT2D eigenvalue weighted by Crippen LogP contribution is 2.24. The highest BCUT2D eigenvalue weighted by atomic mass is 35.5. The molecule has 0 amide bonds. The maximum absolute atomic E-state index is 5.93. The zero-order valence-electron chi connectivity index (χ0n) is 37.7. The number of hydrogen-bond donors (Lipinski definition) is 6. The van der Waals surface area contributed by atoms with Crippen LogP contribution in [-0.2, 0) is 12.8 Å². The molecule has 0 atom stereocenters. The number of anilines is 6. The van der Waals surface area contributed by atoms with Gasteiger partial charge in [-0.15, -0.1) is 0 Å². The van der Waals surface area contributed by atoms with Crippen LogP contribution in [0, 0.1) is 41.5 Å². The summed E-state index contributed by atoms with van der Waals surface area (Å²) in [5, 5.41) is 31.5. The van der Waals surface area contributed by atoms with Gasteiger partial charge in [0.15, 0.2) is 34.9 Å². The fourth-order valence-corrected chi connectivity index (χ4v) is 6.48. The Hall–Kier alpha value is -7.78. The van der Waals surface area contributed by atoms with E-state index in [1.54, 1.807) is 0 Å². The minimum atomic E-state index is 0.672. The lowest BCUT2D eigenvalue weighted by atomic mass is 10.1. The largest absolute Gasteiger partial charge is 0.323 e. The van der Waals surface area contributed by atoms with E-state index in [4.69, 9.17) is 11.6 Å². The molecule has 330 valence electrons. The van der Waals surface area contributed by atoms with E-state index in [0.717, 1.165) is 104 Å². The van der Waals surface area contributed by atoms with E-state index in [2.05, 4.69) is 128 Å². The zero-order valence-corrected chi connectivity index (χ0v) is 38.5. The van der Waals surface area contributed by atoms with Crippen molar-refractivity contribution in [3.05, 3.63) is 160 Å². The standard InChI is InChI=1S/C17H19N5.C16H16ClN5.C16H17N5/c1-4-14-10-15(19-16-9-12(3)21-22-16)20-17(18-14)13-7-5-11(2)6-8-13;1-3-13-9-14(19-15-8-10(2)21-22-15)20-16(18-13)11-4-6-12(17)7-5-11;1-10-4-6-13(7-5-10)16-17-11(2)8-14(19-16)18-15-9-12(3)20-21-15/h5-10H,4H2,1-3H3,(H2,18,19,20,21,22);4-9H,3H2,1-2H3,(H2,18,19,20,21,22);4-9H,1-3H3,(H2,17,18,19,20,21). The summed E-state index contributed by atoms with van der Waals surface area (Å²) in [6.45, 7) is 16.1. The zero-order chi connectivity index (χ0) is 45.9.